The van der Waals surface area contributed by atoms with Crippen LogP contribution in [0.3, 0.4) is 0 Å². The van der Waals surface area contributed by atoms with Crippen molar-refractivity contribution >= 4 is 33.2 Å². The zero-order valence-electron chi connectivity index (χ0n) is 17.6. The van der Waals surface area contributed by atoms with Crippen LogP contribution in [-0.2, 0) is 14.8 Å². The lowest BCUT2D eigenvalue weighted by atomic mass is 10.2. The fraction of sp³-hybridized carbons (Fsp3) is 0.130. The first-order chi connectivity index (χ1) is 15.3. The molecule has 9 heteroatoms. The van der Waals surface area contributed by atoms with Gasteiger partial charge in [0, 0.05) is 16.9 Å². The Hall–Kier alpha value is -3.85. The molecule has 3 aromatic rings. The molecule has 0 radical (unpaired) electrons. The summed E-state index contributed by atoms with van der Waals surface area (Å²) in [7, 11) is -2.69. The van der Waals surface area contributed by atoms with Gasteiger partial charge in [0.1, 0.15) is 10.6 Å². The van der Waals surface area contributed by atoms with Gasteiger partial charge in [0.15, 0.2) is 0 Å². The summed E-state index contributed by atoms with van der Waals surface area (Å²) >= 11 is 0. The number of methoxy groups -OCH3 is 1. The molecule has 166 valence electrons. The number of hydrogen-bond acceptors (Lipinski definition) is 5. The van der Waals surface area contributed by atoms with Crippen molar-refractivity contribution in [2.24, 2.45) is 0 Å². The highest BCUT2D eigenvalue weighted by molar-refractivity contribution is 7.92. The van der Waals surface area contributed by atoms with Crippen molar-refractivity contribution in [3.05, 3.63) is 83.9 Å². The average molecular weight is 454 g/mol. The predicted octanol–water partition coefficient (Wildman–Crippen LogP) is 3.17. The van der Waals surface area contributed by atoms with Gasteiger partial charge in [0.25, 0.3) is 15.9 Å². The molecule has 0 spiro atoms. The highest BCUT2D eigenvalue weighted by atomic mass is 32.2. The Morgan fingerprint density at radius 3 is 2.25 bits per heavy atom. The van der Waals surface area contributed by atoms with Crippen LogP contribution in [0, 0.1) is 6.92 Å². The van der Waals surface area contributed by atoms with Crippen LogP contribution in [0.4, 0.5) is 11.4 Å². The molecule has 3 rings (SSSR count). The van der Waals surface area contributed by atoms with E-state index in [-0.39, 0.29) is 22.8 Å². The molecule has 0 saturated carbocycles. The normalized spacial score (nSPS) is 10.8. The van der Waals surface area contributed by atoms with Crippen molar-refractivity contribution < 1.29 is 22.7 Å². The maximum atomic E-state index is 12.9. The number of ether oxygens (including phenoxy) is 1. The zero-order valence-corrected chi connectivity index (χ0v) is 18.4. The van der Waals surface area contributed by atoms with Gasteiger partial charge in [-0.1, -0.05) is 35.9 Å². The minimum Gasteiger partial charge on any atom is -0.495 e. The number of nitrogens with one attached hydrogen (secondary N) is 3. The predicted molar refractivity (Wildman–Crippen MR) is 122 cm³/mol. The fourth-order valence-corrected chi connectivity index (χ4v) is 4.10. The third-order valence-corrected chi connectivity index (χ3v) is 5.89. The molecule has 0 bridgehead atoms. The highest BCUT2D eigenvalue weighted by Crippen LogP contribution is 2.27. The topological polar surface area (TPSA) is 114 Å². The number of sulfonamides is 1. The fourth-order valence-electron chi connectivity index (χ4n) is 2.85. The zero-order chi connectivity index (χ0) is 23.1. The molecule has 32 heavy (non-hydrogen) atoms. The van der Waals surface area contributed by atoms with Crippen molar-refractivity contribution in [1.82, 2.24) is 5.32 Å². The summed E-state index contributed by atoms with van der Waals surface area (Å²) in [5.74, 6) is -0.919. The number of para-hydroxylation sites is 1. The number of carbonyl (C=O) groups excluding carboxylic acids is 2. The van der Waals surface area contributed by atoms with Crippen LogP contribution < -0.4 is 20.1 Å². The summed E-state index contributed by atoms with van der Waals surface area (Å²) in [6.45, 7) is 1.62. The van der Waals surface area contributed by atoms with Crippen LogP contribution in [-0.4, -0.2) is 33.9 Å². The van der Waals surface area contributed by atoms with E-state index in [2.05, 4.69) is 15.4 Å². The van der Waals surface area contributed by atoms with E-state index in [0.29, 0.717) is 11.4 Å². The first kappa shape index (κ1) is 22.8. The summed E-state index contributed by atoms with van der Waals surface area (Å²) < 4.78 is 33.5. The Bertz CT molecular complexity index is 1210. The molecule has 0 saturated heterocycles. The Kier molecular flexibility index (Phi) is 7.11. The molecular formula is C23H23N3O5S. The average Bonchev–Trinajstić information content (AvgIpc) is 2.79. The number of hydrogen-bond donors (Lipinski definition) is 3. The van der Waals surface area contributed by atoms with Crippen molar-refractivity contribution in [3.8, 4) is 5.75 Å². The van der Waals surface area contributed by atoms with Gasteiger partial charge in [-0.05, 0) is 49.4 Å². The molecule has 0 heterocycles. The third kappa shape index (κ3) is 5.86. The summed E-state index contributed by atoms with van der Waals surface area (Å²) in [6, 6.07) is 19.7. The van der Waals surface area contributed by atoms with E-state index in [1.54, 1.807) is 48.5 Å². The molecule has 8 nitrogen and oxygen atoms in total. The lowest BCUT2D eigenvalue weighted by molar-refractivity contribution is -0.115. The number of benzene rings is 3. The lowest BCUT2D eigenvalue weighted by Gasteiger charge is -2.13. The molecule has 0 atom stereocenters. The highest BCUT2D eigenvalue weighted by Gasteiger charge is 2.22. The summed E-state index contributed by atoms with van der Waals surface area (Å²) in [5.41, 5.74) is 2.04. The maximum Gasteiger partial charge on any atom is 0.265 e. The minimum atomic E-state index is -4.03. The molecule has 0 aliphatic carbocycles. The Morgan fingerprint density at radius 1 is 0.906 bits per heavy atom. The second-order valence-electron chi connectivity index (χ2n) is 6.93. The van der Waals surface area contributed by atoms with Crippen LogP contribution in [0.2, 0.25) is 0 Å². The van der Waals surface area contributed by atoms with Crippen LogP contribution in [0.25, 0.3) is 0 Å². The lowest BCUT2D eigenvalue weighted by Crippen LogP contribution is -2.33. The van der Waals surface area contributed by atoms with E-state index in [4.69, 9.17) is 4.74 Å². The number of aryl methyl sites for hydroxylation is 1. The Morgan fingerprint density at radius 2 is 1.59 bits per heavy atom. The van der Waals surface area contributed by atoms with E-state index in [1.807, 2.05) is 13.0 Å². The molecule has 0 aliphatic rings. The van der Waals surface area contributed by atoms with Crippen molar-refractivity contribution in [2.45, 2.75) is 11.8 Å². The SMILES string of the molecule is COc1ccc(C(=O)NCC(=O)Nc2ccccc2)cc1S(=O)(=O)Nc1ccc(C)cc1. The van der Waals surface area contributed by atoms with Crippen LogP contribution in [0.1, 0.15) is 15.9 Å². The summed E-state index contributed by atoms with van der Waals surface area (Å²) in [4.78, 5) is 24.4. The first-order valence-electron chi connectivity index (χ1n) is 9.69. The van der Waals surface area contributed by atoms with E-state index >= 15 is 0 Å². The summed E-state index contributed by atoms with van der Waals surface area (Å²) in [5, 5.41) is 5.14. The van der Waals surface area contributed by atoms with E-state index < -0.39 is 21.8 Å². The van der Waals surface area contributed by atoms with Gasteiger partial charge in [-0.25, -0.2) is 8.42 Å². The van der Waals surface area contributed by atoms with Crippen LogP contribution in [0.5, 0.6) is 5.75 Å². The Balaban J connectivity index is 1.73. The van der Waals surface area contributed by atoms with Gasteiger partial charge in [0.05, 0.1) is 13.7 Å². The van der Waals surface area contributed by atoms with E-state index in [1.165, 1.54) is 25.3 Å². The molecular weight excluding hydrogens is 430 g/mol. The van der Waals surface area contributed by atoms with Crippen molar-refractivity contribution in [2.75, 3.05) is 23.7 Å². The molecule has 0 unspecified atom stereocenters. The molecule has 3 aromatic carbocycles. The smallest absolute Gasteiger partial charge is 0.265 e. The van der Waals surface area contributed by atoms with E-state index in [0.717, 1.165) is 5.56 Å². The van der Waals surface area contributed by atoms with Gasteiger partial charge in [-0.2, -0.15) is 0 Å². The first-order valence-corrected chi connectivity index (χ1v) is 11.2. The molecule has 0 aliphatic heterocycles. The largest absolute Gasteiger partial charge is 0.495 e. The van der Waals surface area contributed by atoms with Gasteiger partial charge < -0.3 is 15.4 Å². The second-order valence-corrected chi connectivity index (χ2v) is 8.58. The van der Waals surface area contributed by atoms with Crippen molar-refractivity contribution in [1.29, 1.82) is 0 Å². The number of carbonyl (C=O) groups is 2. The number of anilines is 2. The van der Waals surface area contributed by atoms with Crippen LogP contribution >= 0.6 is 0 Å². The molecule has 0 aromatic heterocycles. The molecule has 2 amide bonds. The Labute approximate surface area is 186 Å². The van der Waals surface area contributed by atoms with Gasteiger partial charge >= 0.3 is 0 Å². The monoisotopic (exact) mass is 453 g/mol. The quantitative estimate of drug-likeness (QED) is 0.485. The second kappa shape index (κ2) is 9.97. The standard InChI is InChI=1S/C23H23N3O5S/c1-16-8-11-19(12-9-16)26-32(29,30)21-14-17(10-13-20(21)31-2)23(28)24-15-22(27)25-18-6-4-3-5-7-18/h3-14,26H,15H2,1-2H3,(H,24,28)(H,25,27). The van der Waals surface area contributed by atoms with Gasteiger partial charge in [0.2, 0.25) is 5.91 Å². The number of amides is 2. The molecule has 0 fully saturated rings. The number of rotatable bonds is 8. The van der Waals surface area contributed by atoms with E-state index in [9.17, 15) is 18.0 Å². The van der Waals surface area contributed by atoms with Gasteiger partial charge in [-0.3, -0.25) is 14.3 Å². The molecule has 3 N–H and O–H groups in total. The van der Waals surface area contributed by atoms with Gasteiger partial charge in [-0.15, -0.1) is 0 Å². The summed E-state index contributed by atoms with van der Waals surface area (Å²) in [6.07, 6.45) is 0. The van der Waals surface area contributed by atoms with Crippen LogP contribution in [0.15, 0.2) is 77.7 Å². The third-order valence-electron chi connectivity index (χ3n) is 4.49. The van der Waals surface area contributed by atoms with Crippen molar-refractivity contribution in [3.63, 3.8) is 0 Å². The maximum absolute atomic E-state index is 12.9. The minimum absolute atomic E-state index is 0.0718.